The van der Waals surface area contributed by atoms with Gasteiger partial charge >= 0.3 is 0 Å². The van der Waals surface area contributed by atoms with Gasteiger partial charge in [0, 0.05) is 23.6 Å². The molecule has 0 radical (unpaired) electrons. The molecule has 5 N–H and O–H groups in total. The third-order valence-corrected chi connectivity index (χ3v) is 4.29. The topological polar surface area (TPSA) is 124 Å². The molecule has 0 aromatic heterocycles. The summed E-state index contributed by atoms with van der Waals surface area (Å²) in [6, 6.07) is 16.3. The first-order valence-electron chi connectivity index (χ1n) is 8.60. The summed E-state index contributed by atoms with van der Waals surface area (Å²) < 4.78 is 14.3. The molecule has 0 saturated heterocycles. The second-order valence-corrected chi connectivity index (χ2v) is 6.22. The summed E-state index contributed by atoms with van der Waals surface area (Å²) in [6.45, 7) is 1.30. The Labute approximate surface area is 166 Å². The number of amidine groups is 1. The van der Waals surface area contributed by atoms with Crippen LogP contribution >= 0.6 is 0 Å². The normalized spacial score (nSPS) is 11.2. The molecule has 3 aromatic rings. The van der Waals surface area contributed by atoms with Crippen LogP contribution in [0, 0.1) is 11.3 Å². The lowest BCUT2D eigenvalue weighted by atomic mass is 9.96. The number of carbonyl (C=O) groups is 1. The Morgan fingerprint density at radius 2 is 1.72 bits per heavy atom. The Morgan fingerprint density at radius 3 is 2.31 bits per heavy atom. The van der Waals surface area contributed by atoms with Gasteiger partial charge in [0.05, 0.1) is 5.69 Å². The summed E-state index contributed by atoms with van der Waals surface area (Å²) in [5.41, 5.74) is 9.79. The van der Waals surface area contributed by atoms with Crippen molar-refractivity contribution in [1.29, 1.82) is 5.53 Å². The van der Waals surface area contributed by atoms with Gasteiger partial charge in [-0.25, -0.2) is 9.92 Å². The van der Waals surface area contributed by atoms with Gasteiger partial charge < -0.3 is 16.3 Å². The SMILES string of the molecule is CC(=O)Nc1ccc(-c2cccc(-c3cccc(C(N=N)=NN)c3)c2O)cc1F. The molecule has 0 saturated carbocycles. The molecule has 0 fully saturated rings. The zero-order valence-electron chi connectivity index (χ0n) is 15.5. The van der Waals surface area contributed by atoms with Crippen LogP contribution in [0.1, 0.15) is 12.5 Å². The van der Waals surface area contributed by atoms with Crippen LogP contribution in [0.25, 0.3) is 22.3 Å². The number of phenols is 1. The predicted molar refractivity (Wildman–Crippen MR) is 109 cm³/mol. The van der Waals surface area contributed by atoms with Crippen LogP contribution in [0.4, 0.5) is 10.1 Å². The molecule has 0 aliphatic heterocycles. The number of carbonyl (C=O) groups excluding carboxylic acids is 1. The molecule has 3 rings (SSSR count). The molecule has 3 aromatic carbocycles. The standard InChI is InChI=1S/C21H18FN5O2/c1-12(28)25-19-9-8-14(11-18(19)22)17-7-3-6-16(20(17)29)13-4-2-5-15(10-13)21(26-23)27-24/h2-11,23,29H,24H2,1H3,(H,25,28). The zero-order chi connectivity index (χ0) is 21.0. The summed E-state index contributed by atoms with van der Waals surface area (Å²) in [5.74, 6) is 4.29. The maximum atomic E-state index is 14.3. The average Bonchev–Trinajstić information content (AvgIpc) is 2.71. The number of hydrazone groups is 1. The number of hydrogen-bond acceptors (Lipinski definition) is 5. The highest BCUT2D eigenvalue weighted by atomic mass is 19.1. The first-order valence-corrected chi connectivity index (χ1v) is 8.60. The van der Waals surface area contributed by atoms with Gasteiger partial charge in [0.15, 0.2) is 5.84 Å². The number of phenolic OH excluding ortho intramolecular Hbond substituents is 1. The monoisotopic (exact) mass is 391 g/mol. The van der Waals surface area contributed by atoms with Gasteiger partial charge in [0.1, 0.15) is 11.6 Å². The molecule has 1 amide bonds. The number of halogens is 1. The summed E-state index contributed by atoms with van der Waals surface area (Å²) in [6.07, 6.45) is 0. The zero-order valence-corrected chi connectivity index (χ0v) is 15.5. The fourth-order valence-corrected chi connectivity index (χ4v) is 2.98. The van der Waals surface area contributed by atoms with Crippen molar-refractivity contribution in [3.05, 3.63) is 72.0 Å². The molecular weight excluding hydrogens is 373 g/mol. The van der Waals surface area contributed by atoms with Crippen LogP contribution in [-0.4, -0.2) is 16.8 Å². The van der Waals surface area contributed by atoms with Crippen molar-refractivity contribution < 1.29 is 14.3 Å². The first kappa shape index (κ1) is 19.7. The first-order chi connectivity index (χ1) is 13.9. The lowest BCUT2D eigenvalue weighted by molar-refractivity contribution is -0.114. The molecule has 146 valence electrons. The minimum absolute atomic E-state index is 0.0367. The highest BCUT2D eigenvalue weighted by Crippen LogP contribution is 2.39. The minimum atomic E-state index is -0.606. The van der Waals surface area contributed by atoms with E-state index in [1.54, 1.807) is 48.5 Å². The molecule has 29 heavy (non-hydrogen) atoms. The van der Waals surface area contributed by atoms with Crippen LogP contribution < -0.4 is 11.2 Å². The number of hydrogen-bond donors (Lipinski definition) is 4. The third kappa shape index (κ3) is 4.11. The molecule has 0 unspecified atom stereocenters. The summed E-state index contributed by atoms with van der Waals surface area (Å²) >= 11 is 0. The van der Waals surface area contributed by atoms with Gasteiger partial charge in [-0.2, -0.15) is 5.10 Å². The fourth-order valence-electron chi connectivity index (χ4n) is 2.98. The number of rotatable bonds is 4. The van der Waals surface area contributed by atoms with Crippen molar-refractivity contribution in [3.8, 4) is 28.0 Å². The maximum absolute atomic E-state index is 14.3. The fraction of sp³-hybridized carbons (Fsp3) is 0.0476. The van der Waals surface area contributed by atoms with Gasteiger partial charge in [-0.05, 0) is 29.3 Å². The maximum Gasteiger partial charge on any atom is 0.221 e. The van der Waals surface area contributed by atoms with Crippen LogP contribution in [0.5, 0.6) is 5.75 Å². The molecule has 0 spiro atoms. The van der Waals surface area contributed by atoms with Crippen molar-refractivity contribution in [2.24, 2.45) is 16.1 Å². The van der Waals surface area contributed by atoms with E-state index in [0.29, 0.717) is 27.8 Å². The number of amides is 1. The van der Waals surface area contributed by atoms with E-state index in [2.05, 4.69) is 15.5 Å². The van der Waals surface area contributed by atoms with E-state index < -0.39 is 5.82 Å². The van der Waals surface area contributed by atoms with Crippen LogP contribution in [-0.2, 0) is 4.79 Å². The van der Waals surface area contributed by atoms with Crippen molar-refractivity contribution in [2.75, 3.05) is 5.32 Å². The van der Waals surface area contributed by atoms with Crippen molar-refractivity contribution in [3.63, 3.8) is 0 Å². The van der Waals surface area contributed by atoms with Crippen LogP contribution in [0.2, 0.25) is 0 Å². The molecule has 0 aliphatic rings. The largest absolute Gasteiger partial charge is 0.507 e. The minimum Gasteiger partial charge on any atom is -0.507 e. The molecule has 8 heteroatoms. The van der Waals surface area contributed by atoms with Crippen molar-refractivity contribution >= 4 is 17.4 Å². The van der Waals surface area contributed by atoms with E-state index >= 15 is 0 Å². The van der Waals surface area contributed by atoms with Crippen LogP contribution in [0.3, 0.4) is 0 Å². The van der Waals surface area contributed by atoms with Gasteiger partial charge in [-0.1, -0.05) is 42.5 Å². The number of anilines is 1. The summed E-state index contributed by atoms with van der Waals surface area (Å²) in [4.78, 5) is 11.1. The highest BCUT2D eigenvalue weighted by molar-refractivity contribution is 6.00. The van der Waals surface area contributed by atoms with Gasteiger partial charge in [-0.15, -0.1) is 5.11 Å². The Kier molecular flexibility index (Phi) is 5.64. The van der Waals surface area contributed by atoms with E-state index in [-0.39, 0.29) is 23.2 Å². The molecule has 0 atom stereocenters. The Bertz CT molecular complexity index is 1130. The Morgan fingerprint density at radius 1 is 1.07 bits per heavy atom. The molecule has 0 heterocycles. The van der Waals surface area contributed by atoms with E-state index in [1.807, 2.05) is 0 Å². The number of para-hydroxylation sites is 1. The van der Waals surface area contributed by atoms with Gasteiger partial charge in [0.2, 0.25) is 5.91 Å². The van der Waals surface area contributed by atoms with Gasteiger partial charge in [0.25, 0.3) is 0 Å². The second-order valence-electron chi connectivity index (χ2n) is 6.22. The number of aromatic hydroxyl groups is 1. The summed E-state index contributed by atoms with van der Waals surface area (Å²) in [5, 5.41) is 20.0. The molecule has 7 nitrogen and oxygen atoms in total. The van der Waals surface area contributed by atoms with Crippen molar-refractivity contribution in [2.45, 2.75) is 6.92 Å². The average molecular weight is 391 g/mol. The van der Waals surface area contributed by atoms with Crippen LogP contribution in [0.15, 0.2) is 70.9 Å². The third-order valence-electron chi connectivity index (χ3n) is 4.29. The Hall–Kier alpha value is -4.07. The second kappa shape index (κ2) is 8.30. The Balaban J connectivity index is 2.05. The number of nitrogens with zero attached hydrogens (tertiary/aromatic N) is 2. The number of benzene rings is 3. The van der Waals surface area contributed by atoms with E-state index in [4.69, 9.17) is 11.4 Å². The summed E-state index contributed by atoms with van der Waals surface area (Å²) in [7, 11) is 0. The quantitative estimate of drug-likeness (QED) is 0.172. The van der Waals surface area contributed by atoms with E-state index in [0.717, 1.165) is 0 Å². The number of nitrogens with two attached hydrogens (primary N) is 1. The van der Waals surface area contributed by atoms with Gasteiger partial charge in [-0.3, -0.25) is 4.79 Å². The molecule has 0 bridgehead atoms. The van der Waals surface area contributed by atoms with E-state index in [1.165, 1.54) is 19.1 Å². The van der Waals surface area contributed by atoms with E-state index in [9.17, 15) is 14.3 Å². The molecule has 0 aliphatic carbocycles. The number of nitrogens with one attached hydrogen (secondary N) is 2. The predicted octanol–water partition coefficient (Wildman–Crippen LogP) is 4.47. The lowest BCUT2D eigenvalue weighted by Gasteiger charge is -2.12. The lowest BCUT2D eigenvalue weighted by Crippen LogP contribution is -2.07. The van der Waals surface area contributed by atoms with Crippen molar-refractivity contribution in [1.82, 2.24) is 0 Å². The highest BCUT2D eigenvalue weighted by Gasteiger charge is 2.14. The smallest absolute Gasteiger partial charge is 0.221 e. The molecular formula is C21H18FN5O2.